The number of benzene rings is 2. The molecular weight excluding hydrogens is 262 g/mol. The number of carbonyl (C=O) groups excluding carboxylic acids is 1. The lowest BCUT2D eigenvalue weighted by Crippen LogP contribution is -2.02. The van der Waals surface area contributed by atoms with Gasteiger partial charge in [0.25, 0.3) is 0 Å². The lowest BCUT2D eigenvalue weighted by molar-refractivity contribution is 0.101. The minimum absolute atomic E-state index is 0.00111. The zero-order chi connectivity index (χ0) is 14.3. The van der Waals surface area contributed by atoms with Crippen molar-refractivity contribution in [1.82, 2.24) is 0 Å². The summed E-state index contributed by atoms with van der Waals surface area (Å²) >= 11 is 0. The highest BCUT2D eigenvalue weighted by Crippen LogP contribution is 2.24. The molecule has 100 valence electrons. The molecule has 20 heavy (non-hydrogen) atoms. The zero-order valence-corrected chi connectivity index (χ0v) is 10.6. The second-order valence-electron chi connectivity index (χ2n) is 4.56. The second kappa shape index (κ2) is 4.56. The quantitative estimate of drug-likeness (QED) is 0.653. The van der Waals surface area contributed by atoms with Crippen LogP contribution in [0, 0.1) is 18.6 Å². The number of ketones is 1. The van der Waals surface area contributed by atoms with Gasteiger partial charge in [0.2, 0.25) is 5.78 Å². The van der Waals surface area contributed by atoms with Crippen molar-refractivity contribution in [2.24, 2.45) is 0 Å². The Morgan fingerprint density at radius 2 is 1.90 bits per heavy atom. The van der Waals surface area contributed by atoms with Gasteiger partial charge < -0.3 is 4.42 Å². The smallest absolute Gasteiger partial charge is 0.228 e. The van der Waals surface area contributed by atoms with Crippen molar-refractivity contribution < 1.29 is 18.0 Å². The first-order valence-corrected chi connectivity index (χ1v) is 6.05. The Bertz CT molecular complexity index is 818. The Kier molecular flexibility index (Phi) is 2.86. The third-order valence-electron chi connectivity index (χ3n) is 3.16. The number of rotatable bonds is 2. The Hall–Kier alpha value is -2.49. The number of aryl methyl sites for hydroxylation is 1. The Morgan fingerprint density at radius 3 is 2.65 bits per heavy atom. The molecule has 1 aromatic heterocycles. The topological polar surface area (TPSA) is 30.2 Å². The molecule has 0 atom stereocenters. The highest BCUT2D eigenvalue weighted by atomic mass is 19.1. The second-order valence-corrected chi connectivity index (χ2v) is 4.56. The van der Waals surface area contributed by atoms with Gasteiger partial charge >= 0.3 is 0 Å². The highest BCUT2D eigenvalue weighted by molar-refractivity contribution is 6.09. The summed E-state index contributed by atoms with van der Waals surface area (Å²) in [5.41, 5.74) is 0.881. The molecule has 0 fully saturated rings. The Balaban J connectivity index is 2.13. The van der Waals surface area contributed by atoms with Gasteiger partial charge in [-0.2, -0.15) is 0 Å². The predicted molar refractivity (Wildman–Crippen MR) is 70.7 cm³/mol. The first-order valence-electron chi connectivity index (χ1n) is 6.05. The van der Waals surface area contributed by atoms with Crippen LogP contribution in [-0.2, 0) is 0 Å². The molecule has 0 radical (unpaired) electrons. The lowest BCUT2D eigenvalue weighted by atomic mass is 10.0. The molecule has 3 rings (SSSR count). The van der Waals surface area contributed by atoms with Crippen LogP contribution in [0.1, 0.15) is 21.7 Å². The van der Waals surface area contributed by atoms with Gasteiger partial charge in [-0.05, 0) is 36.8 Å². The molecule has 1 heterocycles. The van der Waals surface area contributed by atoms with Gasteiger partial charge in [-0.15, -0.1) is 0 Å². The number of furan rings is 1. The molecule has 0 saturated carbocycles. The van der Waals surface area contributed by atoms with Crippen molar-refractivity contribution in [3.8, 4) is 0 Å². The van der Waals surface area contributed by atoms with Crippen LogP contribution in [0.4, 0.5) is 8.78 Å². The summed E-state index contributed by atoms with van der Waals surface area (Å²) in [6, 6.07) is 9.86. The molecule has 0 aliphatic carbocycles. The molecule has 0 spiro atoms. The van der Waals surface area contributed by atoms with Gasteiger partial charge in [0, 0.05) is 10.9 Å². The minimum Gasteiger partial charge on any atom is -0.449 e. The number of halogens is 2. The van der Waals surface area contributed by atoms with Crippen LogP contribution in [0.25, 0.3) is 11.0 Å². The summed E-state index contributed by atoms with van der Waals surface area (Å²) in [6.07, 6.45) is 0. The molecule has 0 bridgehead atoms. The van der Waals surface area contributed by atoms with Crippen LogP contribution < -0.4 is 0 Å². The number of hydrogen-bond acceptors (Lipinski definition) is 2. The van der Waals surface area contributed by atoms with E-state index in [0.717, 1.165) is 6.07 Å². The van der Waals surface area contributed by atoms with E-state index in [0.29, 0.717) is 10.9 Å². The summed E-state index contributed by atoms with van der Waals surface area (Å²) < 4.78 is 32.1. The van der Waals surface area contributed by atoms with Gasteiger partial charge in [-0.1, -0.05) is 18.2 Å². The maximum atomic E-state index is 13.5. The largest absolute Gasteiger partial charge is 0.449 e. The fourth-order valence-electron chi connectivity index (χ4n) is 2.11. The van der Waals surface area contributed by atoms with Crippen molar-refractivity contribution in [2.45, 2.75) is 6.92 Å². The first kappa shape index (κ1) is 12.5. The molecule has 0 saturated heterocycles. The van der Waals surface area contributed by atoms with E-state index in [1.54, 1.807) is 13.0 Å². The minimum atomic E-state index is -0.530. The van der Waals surface area contributed by atoms with Crippen LogP contribution in [0.5, 0.6) is 0 Å². The van der Waals surface area contributed by atoms with Crippen molar-refractivity contribution in [1.29, 1.82) is 0 Å². The van der Waals surface area contributed by atoms with Crippen LogP contribution in [0.2, 0.25) is 0 Å². The monoisotopic (exact) mass is 272 g/mol. The summed E-state index contributed by atoms with van der Waals surface area (Å²) in [7, 11) is 0. The third-order valence-corrected chi connectivity index (χ3v) is 3.16. The number of fused-ring (bicyclic) bond motifs is 1. The molecule has 0 N–H and O–H groups in total. The fourth-order valence-corrected chi connectivity index (χ4v) is 2.11. The van der Waals surface area contributed by atoms with Crippen LogP contribution in [0.3, 0.4) is 0 Å². The number of para-hydroxylation sites is 1. The van der Waals surface area contributed by atoms with E-state index in [9.17, 15) is 13.6 Å². The molecule has 2 nitrogen and oxygen atoms in total. The first-order chi connectivity index (χ1) is 9.56. The zero-order valence-electron chi connectivity index (χ0n) is 10.6. The maximum absolute atomic E-state index is 13.5. The summed E-state index contributed by atoms with van der Waals surface area (Å²) in [5, 5.41) is 0.502. The predicted octanol–water partition coefficient (Wildman–Crippen LogP) is 4.25. The van der Waals surface area contributed by atoms with Crippen LogP contribution in [0.15, 0.2) is 46.9 Å². The standard InChI is InChI=1S/C16H10F2O2/c1-9-5-6-11(17)8-12(9)15(19)14-7-10-3-2-4-13(18)16(10)20-14/h2-8H,1H3. The van der Waals surface area contributed by atoms with Crippen molar-refractivity contribution in [3.05, 3.63) is 71.0 Å². The average molecular weight is 272 g/mol. The Morgan fingerprint density at radius 1 is 1.10 bits per heavy atom. The normalized spacial score (nSPS) is 10.9. The van der Waals surface area contributed by atoms with E-state index < -0.39 is 17.4 Å². The van der Waals surface area contributed by atoms with Gasteiger partial charge in [0.05, 0.1) is 0 Å². The SMILES string of the molecule is Cc1ccc(F)cc1C(=O)c1cc2cccc(F)c2o1. The van der Waals surface area contributed by atoms with E-state index in [4.69, 9.17) is 4.42 Å². The van der Waals surface area contributed by atoms with Gasteiger partial charge in [-0.3, -0.25) is 4.79 Å². The van der Waals surface area contributed by atoms with Crippen LogP contribution in [-0.4, -0.2) is 5.78 Å². The molecular formula is C16H10F2O2. The molecule has 0 amide bonds. The Labute approximate surface area is 113 Å². The van der Waals surface area contributed by atoms with E-state index >= 15 is 0 Å². The number of hydrogen-bond donors (Lipinski definition) is 0. The molecule has 4 heteroatoms. The van der Waals surface area contributed by atoms with Crippen molar-refractivity contribution in [2.75, 3.05) is 0 Å². The van der Waals surface area contributed by atoms with Crippen molar-refractivity contribution >= 4 is 16.8 Å². The lowest BCUT2D eigenvalue weighted by Gasteiger charge is -2.02. The molecule has 2 aromatic carbocycles. The maximum Gasteiger partial charge on any atom is 0.228 e. The van der Waals surface area contributed by atoms with Crippen molar-refractivity contribution in [3.63, 3.8) is 0 Å². The third kappa shape index (κ3) is 1.99. The number of carbonyl (C=O) groups is 1. The van der Waals surface area contributed by atoms with Gasteiger partial charge in [0.1, 0.15) is 5.82 Å². The summed E-state index contributed by atoms with van der Waals surface area (Å²) in [5.74, 6) is -1.49. The van der Waals surface area contributed by atoms with Crippen LogP contribution >= 0.6 is 0 Å². The molecule has 0 unspecified atom stereocenters. The van der Waals surface area contributed by atoms with E-state index in [1.165, 1.54) is 30.3 Å². The molecule has 3 aromatic rings. The highest BCUT2D eigenvalue weighted by Gasteiger charge is 2.18. The summed E-state index contributed by atoms with van der Waals surface area (Å²) in [6.45, 7) is 1.70. The molecule has 0 aliphatic rings. The molecule has 0 aliphatic heterocycles. The summed E-state index contributed by atoms with van der Waals surface area (Å²) in [4.78, 5) is 12.3. The average Bonchev–Trinajstić information content (AvgIpc) is 2.86. The van der Waals surface area contributed by atoms with Gasteiger partial charge in [0.15, 0.2) is 17.2 Å². The van der Waals surface area contributed by atoms with E-state index in [1.807, 2.05) is 0 Å². The van der Waals surface area contributed by atoms with Gasteiger partial charge in [-0.25, -0.2) is 8.78 Å². The fraction of sp³-hybridized carbons (Fsp3) is 0.0625. The van der Waals surface area contributed by atoms with E-state index in [2.05, 4.69) is 0 Å². The van der Waals surface area contributed by atoms with E-state index in [-0.39, 0.29) is 16.9 Å².